The average Bonchev–Trinajstić information content (AvgIpc) is 3.70. The zero-order valence-corrected chi connectivity index (χ0v) is 33.2. The second-order valence-corrected chi connectivity index (χ2v) is 18.0. The number of nitrogens with one attached hydrogen (secondary N) is 4. The van der Waals surface area contributed by atoms with E-state index in [0.717, 1.165) is 30.4 Å². The summed E-state index contributed by atoms with van der Waals surface area (Å²) in [7, 11) is 0. The number of fused-ring (bicyclic) bond motifs is 1. The van der Waals surface area contributed by atoms with Gasteiger partial charge in [-0.1, -0.05) is 64.3 Å². The topological polar surface area (TPSA) is 189 Å². The molecule has 1 aliphatic heterocycles. The van der Waals surface area contributed by atoms with Gasteiger partial charge in [-0.15, -0.1) is 12.3 Å². The fourth-order valence-corrected chi connectivity index (χ4v) is 7.69. The van der Waals surface area contributed by atoms with Gasteiger partial charge in [0, 0.05) is 23.4 Å². The standard InChI is InChI=1S/C41H60N6O7/c1-10-41(8,9)28-18-19-47(32(28)35(50)43-29(33(48)34(42)49)20-24-14-13-15-24)36(51)31(27-21-25-16-11-12-17-26(25)22-27)45-37(52)44-30(39(2,3)4)23-54-38(53)46-40(5,6)7/h1,11-12,16-17,24,27-32H,13-15,18-23H2,2-9H3,(H2,42,49)(H,43,50)(H,46,53)(H2,44,45,52)/t28-,29?,30+,31-,32?/m0/s1. The molecule has 2 fully saturated rings. The molecule has 13 heteroatoms. The summed E-state index contributed by atoms with van der Waals surface area (Å²) in [5, 5.41) is 11.4. The van der Waals surface area contributed by atoms with Gasteiger partial charge in [-0.2, -0.15) is 0 Å². The molecule has 13 nitrogen and oxygen atoms in total. The average molecular weight is 749 g/mol. The first-order chi connectivity index (χ1) is 25.1. The van der Waals surface area contributed by atoms with Gasteiger partial charge in [0.1, 0.15) is 18.7 Å². The highest BCUT2D eigenvalue weighted by Crippen LogP contribution is 2.40. The number of nitrogens with two attached hydrogens (primary N) is 1. The Labute approximate surface area is 320 Å². The molecule has 1 saturated carbocycles. The number of carbonyl (C=O) groups excluding carboxylic acids is 6. The summed E-state index contributed by atoms with van der Waals surface area (Å²) in [4.78, 5) is 82.1. The molecule has 1 aromatic rings. The van der Waals surface area contributed by atoms with E-state index in [-0.39, 0.29) is 31.4 Å². The summed E-state index contributed by atoms with van der Waals surface area (Å²) < 4.78 is 5.49. The molecule has 0 bridgehead atoms. The van der Waals surface area contributed by atoms with Gasteiger partial charge in [0.25, 0.3) is 5.91 Å². The Morgan fingerprint density at radius 1 is 0.926 bits per heavy atom. The van der Waals surface area contributed by atoms with Crippen molar-refractivity contribution in [3.63, 3.8) is 0 Å². The molecule has 1 saturated heterocycles. The van der Waals surface area contributed by atoms with E-state index in [1.54, 1.807) is 0 Å². The first-order valence-electron chi connectivity index (χ1n) is 19.1. The highest BCUT2D eigenvalue weighted by Gasteiger charge is 2.51. The van der Waals surface area contributed by atoms with E-state index in [1.165, 1.54) is 4.90 Å². The van der Waals surface area contributed by atoms with E-state index < -0.39 is 82.1 Å². The number of nitrogens with zero attached hydrogens (tertiary/aromatic N) is 1. The van der Waals surface area contributed by atoms with Crippen molar-refractivity contribution in [1.29, 1.82) is 0 Å². The first kappa shape index (κ1) is 42.1. The van der Waals surface area contributed by atoms with Crippen LogP contribution in [0.5, 0.6) is 0 Å². The fraction of sp³-hybridized carbons (Fsp3) is 0.659. The van der Waals surface area contributed by atoms with Crippen LogP contribution >= 0.6 is 0 Å². The molecule has 6 N–H and O–H groups in total. The number of urea groups is 1. The van der Waals surface area contributed by atoms with Gasteiger partial charge >= 0.3 is 12.1 Å². The monoisotopic (exact) mass is 748 g/mol. The molecule has 2 aliphatic carbocycles. The molecule has 4 rings (SSSR count). The maximum Gasteiger partial charge on any atom is 0.407 e. The molecular formula is C41H60N6O7. The third-order valence-corrected chi connectivity index (χ3v) is 11.2. The Kier molecular flexibility index (Phi) is 13.1. The number of Topliss-reactive ketones (excluding diaryl/α,β-unsaturated/α-hetero) is 1. The van der Waals surface area contributed by atoms with Crippen LogP contribution in [-0.4, -0.2) is 83.4 Å². The molecule has 296 valence electrons. The minimum Gasteiger partial charge on any atom is -0.447 e. The Morgan fingerprint density at radius 2 is 1.54 bits per heavy atom. The van der Waals surface area contributed by atoms with Gasteiger partial charge in [0.2, 0.25) is 17.6 Å². The van der Waals surface area contributed by atoms with Crippen molar-refractivity contribution in [3.05, 3.63) is 35.4 Å². The molecule has 0 aromatic heterocycles. The van der Waals surface area contributed by atoms with Gasteiger partial charge < -0.3 is 36.6 Å². The van der Waals surface area contributed by atoms with Gasteiger partial charge in [0.05, 0.1) is 12.1 Å². The summed E-state index contributed by atoms with van der Waals surface area (Å²) in [6.07, 6.45) is 9.84. The highest BCUT2D eigenvalue weighted by atomic mass is 16.5. The Balaban J connectivity index is 1.63. The molecule has 0 spiro atoms. The van der Waals surface area contributed by atoms with E-state index in [9.17, 15) is 28.8 Å². The molecule has 3 aliphatic rings. The normalized spacial score (nSPS) is 20.7. The zero-order chi connectivity index (χ0) is 40.2. The van der Waals surface area contributed by atoms with E-state index in [4.69, 9.17) is 16.9 Å². The lowest BCUT2D eigenvalue weighted by Gasteiger charge is -2.37. The lowest BCUT2D eigenvalue weighted by atomic mass is 9.74. The van der Waals surface area contributed by atoms with Crippen LogP contribution in [-0.2, 0) is 36.8 Å². The number of primary amides is 1. The van der Waals surface area contributed by atoms with Gasteiger partial charge in [-0.3, -0.25) is 19.2 Å². The van der Waals surface area contributed by atoms with Gasteiger partial charge in [-0.05, 0) is 88.7 Å². The number of carbonyl (C=O) groups is 6. The molecule has 0 radical (unpaired) electrons. The summed E-state index contributed by atoms with van der Waals surface area (Å²) in [6.45, 7) is 14.9. The van der Waals surface area contributed by atoms with E-state index in [0.29, 0.717) is 19.3 Å². The lowest BCUT2D eigenvalue weighted by molar-refractivity contribution is -0.144. The first-order valence-corrected chi connectivity index (χ1v) is 19.1. The number of terminal acetylenes is 1. The predicted molar refractivity (Wildman–Crippen MR) is 205 cm³/mol. The maximum absolute atomic E-state index is 14.9. The number of ether oxygens (including phenoxy) is 1. The maximum atomic E-state index is 14.9. The van der Waals surface area contributed by atoms with Crippen LogP contribution in [0.25, 0.3) is 0 Å². The van der Waals surface area contributed by atoms with Crippen LogP contribution in [0, 0.1) is 40.9 Å². The quantitative estimate of drug-likeness (QED) is 0.151. The predicted octanol–water partition coefficient (Wildman–Crippen LogP) is 3.61. The minimum absolute atomic E-state index is 0.115. The number of hydrogen-bond donors (Lipinski definition) is 5. The Hall–Kier alpha value is -4.60. The van der Waals surface area contributed by atoms with Crippen molar-refractivity contribution in [2.45, 2.75) is 130 Å². The number of benzene rings is 1. The number of rotatable bonds is 13. The lowest BCUT2D eigenvalue weighted by Crippen LogP contribution is -2.61. The Morgan fingerprint density at radius 3 is 2.04 bits per heavy atom. The summed E-state index contributed by atoms with van der Waals surface area (Å²) in [5.74, 6) is -0.934. The van der Waals surface area contributed by atoms with Crippen molar-refractivity contribution < 1.29 is 33.5 Å². The van der Waals surface area contributed by atoms with Crippen LogP contribution in [0.1, 0.15) is 98.6 Å². The van der Waals surface area contributed by atoms with Gasteiger partial charge in [-0.25, -0.2) is 9.59 Å². The van der Waals surface area contributed by atoms with Crippen molar-refractivity contribution in [3.8, 4) is 12.3 Å². The second-order valence-electron chi connectivity index (χ2n) is 18.0. The van der Waals surface area contributed by atoms with Crippen molar-refractivity contribution >= 4 is 35.6 Å². The largest absolute Gasteiger partial charge is 0.447 e. The number of ketones is 1. The van der Waals surface area contributed by atoms with E-state index in [2.05, 4.69) is 27.2 Å². The van der Waals surface area contributed by atoms with Crippen LogP contribution in [0.3, 0.4) is 0 Å². The number of amides is 6. The van der Waals surface area contributed by atoms with Crippen molar-refractivity contribution in [1.82, 2.24) is 26.2 Å². The Bertz CT molecular complexity index is 1610. The third-order valence-electron chi connectivity index (χ3n) is 11.2. The van der Waals surface area contributed by atoms with Crippen LogP contribution in [0.4, 0.5) is 9.59 Å². The zero-order valence-electron chi connectivity index (χ0n) is 33.2. The van der Waals surface area contributed by atoms with Crippen LogP contribution in [0.2, 0.25) is 0 Å². The fourth-order valence-electron chi connectivity index (χ4n) is 7.69. The van der Waals surface area contributed by atoms with Crippen molar-refractivity contribution in [2.24, 2.45) is 34.3 Å². The molecule has 5 atom stereocenters. The van der Waals surface area contributed by atoms with Gasteiger partial charge in [0.15, 0.2) is 0 Å². The molecule has 54 heavy (non-hydrogen) atoms. The number of alkyl carbamates (subject to hydrolysis) is 1. The van der Waals surface area contributed by atoms with Crippen LogP contribution < -0.4 is 27.0 Å². The van der Waals surface area contributed by atoms with Crippen molar-refractivity contribution in [2.75, 3.05) is 13.2 Å². The molecule has 2 unspecified atom stereocenters. The smallest absolute Gasteiger partial charge is 0.407 e. The SMILES string of the molecule is C#CC(C)(C)[C@H]1CCN(C(=O)[C@@H](NC(=O)N[C@H](COC(=O)NC(C)(C)C)C(C)(C)C)C2Cc3ccccc3C2)C1C(=O)NC(CC1CCC1)C(=O)C(N)=O. The third kappa shape index (κ3) is 10.5. The summed E-state index contributed by atoms with van der Waals surface area (Å²) in [6, 6.07) is 3.36. The molecule has 6 amide bonds. The molecule has 1 aromatic carbocycles. The highest BCUT2D eigenvalue weighted by molar-refractivity contribution is 6.37. The van der Waals surface area contributed by atoms with Crippen LogP contribution in [0.15, 0.2) is 24.3 Å². The summed E-state index contributed by atoms with van der Waals surface area (Å²) in [5.41, 5.74) is 5.67. The van der Waals surface area contributed by atoms with E-state index in [1.807, 2.05) is 79.7 Å². The summed E-state index contributed by atoms with van der Waals surface area (Å²) >= 11 is 0. The number of likely N-dealkylation sites (tertiary alicyclic amines) is 1. The molecule has 1 heterocycles. The second kappa shape index (κ2) is 16.8. The van der Waals surface area contributed by atoms with E-state index >= 15 is 0 Å². The number of hydrogen-bond acceptors (Lipinski definition) is 7. The minimum atomic E-state index is -1.13. The molecular weight excluding hydrogens is 688 g/mol.